The van der Waals surface area contributed by atoms with Crippen LogP contribution in [0.5, 0.6) is 0 Å². The first-order valence-corrected chi connectivity index (χ1v) is 5.22. The van der Waals surface area contributed by atoms with E-state index in [0.29, 0.717) is 10.5 Å². The van der Waals surface area contributed by atoms with Gasteiger partial charge in [0, 0.05) is 11.6 Å². The second kappa shape index (κ2) is 3.69. The smallest absolute Gasteiger partial charge is 0.138 e. The summed E-state index contributed by atoms with van der Waals surface area (Å²) in [4.78, 5) is 4.28. The summed E-state index contributed by atoms with van der Waals surface area (Å²) >= 11 is 3.11. The van der Waals surface area contributed by atoms with Crippen molar-refractivity contribution in [3.8, 4) is 0 Å². The first-order valence-electron chi connectivity index (χ1n) is 4.43. The van der Waals surface area contributed by atoms with Crippen LogP contribution in [0.1, 0.15) is 12.5 Å². The number of aliphatic imine (C=N–C) groups is 1. The highest BCUT2D eigenvalue weighted by Crippen LogP contribution is 2.17. The summed E-state index contributed by atoms with van der Waals surface area (Å²) in [6.07, 6.45) is 0. The average molecular weight is 257 g/mol. The van der Waals surface area contributed by atoms with Crippen LogP contribution in [0.3, 0.4) is 0 Å². The van der Waals surface area contributed by atoms with Crippen LogP contribution in [0.25, 0.3) is 0 Å². The van der Waals surface area contributed by atoms with E-state index in [2.05, 4.69) is 26.2 Å². The van der Waals surface area contributed by atoms with Crippen LogP contribution in [-0.2, 0) is 0 Å². The third-order valence-electron chi connectivity index (χ3n) is 2.10. The van der Waals surface area contributed by atoms with Crippen LogP contribution in [0.15, 0.2) is 27.7 Å². The van der Waals surface area contributed by atoms with Crippen molar-refractivity contribution in [2.75, 3.05) is 6.54 Å². The fourth-order valence-corrected chi connectivity index (χ4v) is 1.62. The van der Waals surface area contributed by atoms with E-state index in [4.69, 9.17) is 0 Å². The summed E-state index contributed by atoms with van der Waals surface area (Å²) in [5, 5.41) is 3.18. The molecule has 0 aliphatic carbocycles. The van der Waals surface area contributed by atoms with Crippen LogP contribution in [-0.4, -0.2) is 18.4 Å². The van der Waals surface area contributed by atoms with Gasteiger partial charge in [-0.3, -0.25) is 4.99 Å². The minimum absolute atomic E-state index is 0.258. The van der Waals surface area contributed by atoms with Gasteiger partial charge in [0.2, 0.25) is 0 Å². The fraction of sp³-hybridized carbons (Fsp3) is 0.300. The Labute approximate surface area is 90.4 Å². The zero-order valence-corrected chi connectivity index (χ0v) is 9.31. The molecule has 1 atom stereocenters. The van der Waals surface area contributed by atoms with Crippen LogP contribution < -0.4 is 5.32 Å². The number of nitrogens with zero attached hydrogens (tertiary/aromatic N) is 1. The van der Waals surface area contributed by atoms with Gasteiger partial charge in [-0.1, -0.05) is 0 Å². The molecule has 1 aliphatic rings. The van der Waals surface area contributed by atoms with E-state index in [1.807, 2.05) is 13.0 Å². The Hall–Kier alpha value is -0.900. The van der Waals surface area contributed by atoms with Crippen LogP contribution in [0.2, 0.25) is 0 Å². The lowest BCUT2D eigenvalue weighted by molar-refractivity contribution is 0.620. The normalized spacial score (nSPS) is 20.5. The molecule has 1 aromatic carbocycles. The summed E-state index contributed by atoms with van der Waals surface area (Å²) in [6.45, 7) is 2.80. The Morgan fingerprint density at radius 2 is 2.36 bits per heavy atom. The fourth-order valence-electron chi connectivity index (χ4n) is 1.37. The lowest BCUT2D eigenvalue weighted by Crippen LogP contribution is -2.27. The van der Waals surface area contributed by atoms with E-state index in [9.17, 15) is 4.39 Å². The number of amidine groups is 1. The van der Waals surface area contributed by atoms with Crippen molar-refractivity contribution in [1.29, 1.82) is 0 Å². The maximum atomic E-state index is 13.2. The molecule has 74 valence electrons. The summed E-state index contributed by atoms with van der Waals surface area (Å²) in [7, 11) is 0. The van der Waals surface area contributed by atoms with Gasteiger partial charge in [-0.15, -0.1) is 0 Å². The lowest BCUT2D eigenvalue weighted by Gasteiger charge is -2.06. The van der Waals surface area contributed by atoms with Gasteiger partial charge in [0.25, 0.3) is 0 Å². The summed E-state index contributed by atoms with van der Waals surface area (Å²) in [5.74, 6) is 0.524. The van der Waals surface area contributed by atoms with Gasteiger partial charge in [0.15, 0.2) is 0 Å². The van der Waals surface area contributed by atoms with Crippen molar-refractivity contribution < 1.29 is 4.39 Å². The van der Waals surface area contributed by atoms with Crippen molar-refractivity contribution in [3.05, 3.63) is 34.1 Å². The molecule has 0 bridgehead atoms. The van der Waals surface area contributed by atoms with Crippen LogP contribution >= 0.6 is 15.9 Å². The highest BCUT2D eigenvalue weighted by molar-refractivity contribution is 9.10. The van der Waals surface area contributed by atoms with Crippen molar-refractivity contribution in [3.63, 3.8) is 0 Å². The molecular weight excluding hydrogens is 247 g/mol. The van der Waals surface area contributed by atoms with Gasteiger partial charge < -0.3 is 5.32 Å². The van der Waals surface area contributed by atoms with Gasteiger partial charge in [0.1, 0.15) is 11.7 Å². The van der Waals surface area contributed by atoms with Crippen molar-refractivity contribution in [2.45, 2.75) is 13.0 Å². The summed E-state index contributed by atoms with van der Waals surface area (Å²) in [5.41, 5.74) is 0.801. The molecule has 1 unspecified atom stereocenters. The van der Waals surface area contributed by atoms with Crippen molar-refractivity contribution in [2.24, 2.45) is 4.99 Å². The standard InChI is InChI=1S/C10H10BrFN2/c1-6-5-13-10(14-6)7-2-3-8(11)9(12)4-7/h2-4,6H,5H2,1H3,(H,13,14). The molecule has 2 nitrogen and oxygen atoms in total. The van der Waals surface area contributed by atoms with Crippen molar-refractivity contribution in [1.82, 2.24) is 5.32 Å². The SMILES string of the molecule is CC1CN=C(c2ccc(Br)c(F)c2)N1. The first-order chi connectivity index (χ1) is 6.66. The number of halogens is 2. The third kappa shape index (κ3) is 1.80. The average Bonchev–Trinajstić information content (AvgIpc) is 2.57. The predicted molar refractivity (Wildman–Crippen MR) is 58.1 cm³/mol. The Balaban J connectivity index is 2.30. The molecule has 1 aliphatic heterocycles. The van der Waals surface area contributed by atoms with Crippen LogP contribution in [0.4, 0.5) is 4.39 Å². The molecule has 1 N–H and O–H groups in total. The molecule has 0 saturated heterocycles. The number of rotatable bonds is 1. The van der Waals surface area contributed by atoms with E-state index >= 15 is 0 Å². The van der Waals surface area contributed by atoms with Crippen LogP contribution in [0, 0.1) is 5.82 Å². The zero-order valence-electron chi connectivity index (χ0n) is 7.72. The van der Waals surface area contributed by atoms with Crippen molar-refractivity contribution >= 4 is 21.8 Å². The number of hydrogen-bond donors (Lipinski definition) is 1. The number of hydrogen-bond acceptors (Lipinski definition) is 2. The highest BCUT2D eigenvalue weighted by Gasteiger charge is 2.14. The maximum Gasteiger partial charge on any atom is 0.138 e. The van der Waals surface area contributed by atoms with Gasteiger partial charge in [-0.25, -0.2) is 4.39 Å². The molecule has 2 rings (SSSR count). The molecule has 0 amide bonds. The second-order valence-electron chi connectivity index (χ2n) is 3.36. The second-order valence-corrected chi connectivity index (χ2v) is 4.22. The molecule has 0 fully saturated rings. The molecule has 0 aromatic heterocycles. The Kier molecular flexibility index (Phi) is 2.54. The number of benzene rings is 1. The predicted octanol–water partition coefficient (Wildman–Crippen LogP) is 2.33. The molecule has 1 aromatic rings. The topological polar surface area (TPSA) is 24.4 Å². The van der Waals surface area contributed by atoms with Gasteiger partial charge in [-0.2, -0.15) is 0 Å². The van der Waals surface area contributed by atoms with E-state index in [-0.39, 0.29) is 5.82 Å². The summed E-state index contributed by atoms with van der Waals surface area (Å²) < 4.78 is 13.7. The maximum absolute atomic E-state index is 13.2. The molecule has 14 heavy (non-hydrogen) atoms. The lowest BCUT2D eigenvalue weighted by atomic mass is 10.2. The monoisotopic (exact) mass is 256 g/mol. The molecular formula is C10H10BrFN2. The molecule has 4 heteroatoms. The summed E-state index contributed by atoms with van der Waals surface area (Å²) in [6, 6.07) is 5.36. The van der Waals surface area contributed by atoms with E-state index in [1.165, 1.54) is 6.07 Å². The Morgan fingerprint density at radius 1 is 1.57 bits per heavy atom. The Bertz CT molecular complexity index is 390. The van der Waals surface area contributed by atoms with Gasteiger partial charge in [-0.05, 0) is 41.1 Å². The largest absolute Gasteiger partial charge is 0.366 e. The zero-order chi connectivity index (χ0) is 10.1. The van der Waals surface area contributed by atoms with Gasteiger partial charge >= 0.3 is 0 Å². The molecule has 1 heterocycles. The minimum Gasteiger partial charge on any atom is -0.366 e. The highest BCUT2D eigenvalue weighted by atomic mass is 79.9. The quantitative estimate of drug-likeness (QED) is 0.820. The third-order valence-corrected chi connectivity index (χ3v) is 2.74. The molecule has 0 spiro atoms. The Morgan fingerprint density at radius 3 is 2.93 bits per heavy atom. The van der Waals surface area contributed by atoms with E-state index < -0.39 is 0 Å². The van der Waals surface area contributed by atoms with Gasteiger partial charge in [0.05, 0.1) is 11.0 Å². The van der Waals surface area contributed by atoms with E-state index in [0.717, 1.165) is 17.9 Å². The minimum atomic E-state index is -0.258. The molecule has 0 radical (unpaired) electrons. The molecule has 0 saturated carbocycles. The number of nitrogens with one attached hydrogen (secondary N) is 1. The first kappa shape index (κ1) is 9.65. The van der Waals surface area contributed by atoms with E-state index in [1.54, 1.807) is 6.07 Å².